The molecule has 1 aromatic heterocycles. The van der Waals surface area contributed by atoms with E-state index in [-0.39, 0.29) is 18.9 Å². The molecule has 1 heterocycles. The van der Waals surface area contributed by atoms with Gasteiger partial charge in [-0.15, -0.1) is 11.3 Å². The van der Waals surface area contributed by atoms with Crippen molar-refractivity contribution in [3.63, 3.8) is 0 Å². The molecule has 0 spiro atoms. The fraction of sp³-hybridized carbons (Fsp3) is 0.357. The van der Waals surface area contributed by atoms with Crippen LogP contribution in [0.1, 0.15) is 63.2 Å². The number of carbonyl (C=O) groups excluding carboxylic acids is 1. The maximum atomic E-state index is 13.6. The summed E-state index contributed by atoms with van der Waals surface area (Å²) in [6.07, 6.45) is 2.81. The molecule has 0 radical (unpaired) electrons. The second-order valence-electron chi connectivity index (χ2n) is 8.20. The largest absolute Gasteiger partial charge is 0.493 e. The number of nitrogens with zero attached hydrogens (tertiary/aromatic N) is 1. The van der Waals surface area contributed by atoms with E-state index in [1.54, 1.807) is 23.2 Å². The van der Waals surface area contributed by atoms with Crippen LogP contribution in [0.5, 0.6) is 5.75 Å². The number of ether oxygens (including phenoxy) is 1. The smallest absolute Gasteiger partial charge is 0.303 e. The van der Waals surface area contributed by atoms with Crippen molar-refractivity contribution < 1.29 is 20.8 Å². The molecule has 1 amide bonds. The summed E-state index contributed by atoms with van der Waals surface area (Å²) >= 11 is 1.65. The molecule has 1 atom stereocenters. The lowest BCUT2D eigenvalue weighted by atomic mass is 10.1. The summed E-state index contributed by atoms with van der Waals surface area (Å²) < 4.78 is 14.8. The second kappa shape index (κ2) is 12.9. The van der Waals surface area contributed by atoms with Gasteiger partial charge in [0.05, 0.1) is 7.98 Å². The highest BCUT2D eigenvalue weighted by Crippen LogP contribution is 2.27. The Balaban J connectivity index is 1.73. The van der Waals surface area contributed by atoms with Gasteiger partial charge in [-0.1, -0.05) is 43.3 Å². The highest BCUT2D eigenvalue weighted by atomic mass is 32.1. The summed E-state index contributed by atoms with van der Waals surface area (Å²) in [5.74, 6) is -0.286. The lowest BCUT2D eigenvalue weighted by Gasteiger charge is -2.29. The Morgan fingerprint density at radius 3 is 2.50 bits per heavy atom. The second-order valence-corrected chi connectivity index (χ2v) is 9.14. The number of carboxylic acid groups (broad SMARTS) is 1. The maximum Gasteiger partial charge on any atom is 0.303 e. The third-order valence-electron chi connectivity index (χ3n) is 5.75. The first-order chi connectivity index (χ1) is 16.8. The van der Waals surface area contributed by atoms with E-state index in [0.717, 1.165) is 28.8 Å². The van der Waals surface area contributed by atoms with Crippen molar-refractivity contribution in [2.24, 2.45) is 0 Å². The number of benzene rings is 2. The lowest BCUT2D eigenvalue weighted by Crippen LogP contribution is -2.37. The highest BCUT2D eigenvalue weighted by Gasteiger charge is 2.22. The van der Waals surface area contributed by atoms with Gasteiger partial charge in [0.2, 0.25) is 0 Å². The summed E-state index contributed by atoms with van der Waals surface area (Å²) in [6.45, 7) is 4.40. The van der Waals surface area contributed by atoms with Crippen LogP contribution in [0.2, 0.25) is 0 Å². The normalized spacial score (nSPS) is 13.1. The van der Waals surface area contributed by atoms with E-state index in [0.29, 0.717) is 30.8 Å². The molecule has 0 bridgehead atoms. The Kier molecular flexibility index (Phi) is 9.14. The molecule has 2 aromatic carbocycles. The number of amides is 1. The van der Waals surface area contributed by atoms with Crippen LogP contribution in [0.25, 0.3) is 10.4 Å². The molecule has 3 aromatic rings. The summed E-state index contributed by atoms with van der Waals surface area (Å²) in [6, 6.07) is 18.1. The molecule has 3 rings (SSSR count). The SMILES string of the molecule is [2H]C(C)(CC)N(Cc1ccccc1OCCCCCC(=O)O)C(=O)c1ccc(-c2cccs2)cc1. The third-order valence-corrected chi connectivity index (χ3v) is 6.67. The van der Waals surface area contributed by atoms with Crippen LogP contribution in [0, 0.1) is 0 Å². The zero-order valence-corrected chi connectivity index (χ0v) is 20.6. The van der Waals surface area contributed by atoms with Gasteiger partial charge >= 0.3 is 5.97 Å². The van der Waals surface area contributed by atoms with Gasteiger partial charge in [0, 0.05) is 35.0 Å². The van der Waals surface area contributed by atoms with E-state index in [1.807, 2.05) is 66.9 Å². The third kappa shape index (κ3) is 7.19. The van der Waals surface area contributed by atoms with Gasteiger partial charge in [-0.2, -0.15) is 0 Å². The van der Waals surface area contributed by atoms with Crippen molar-refractivity contribution in [3.8, 4) is 16.2 Å². The molecule has 0 aliphatic rings. The van der Waals surface area contributed by atoms with Crippen LogP contribution in [-0.4, -0.2) is 34.5 Å². The average molecular weight is 481 g/mol. The summed E-state index contributed by atoms with van der Waals surface area (Å²) in [5.41, 5.74) is 2.46. The van der Waals surface area contributed by atoms with Gasteiger partial charge in [-0.25, -0.2) is 0 Å². The molecule has 1 N–H and O–H groups in total. The predicted molar refractivity (Wildman–Crippen MR) is 137 cm³/mol. The average Bonchev–Trinajstić information content (AvgIpc) is 3.40. The van der Waals surface area contributed by atoms with E-state index in [1.165, 1.54) is 0 Å². The van der Waals surface area contributed by atoms with Gasteiger partial charge in [0.1, 0.15) is 5.75 Å². The topological polar surface area (TPSA) is 66.8 Å². The van der Waals surface area contributed by atoms with Gasteiger partial charge in [-0.05, 0) is 67.8 Å². The number of unbranched alkanes of at least 4 members (excludes halogenated alkanes) is 2. The predicted octanol–water partition coefficient (Wildman–Crippen LogP) is 6.88. The van der Waals surface area contributed by atoms with Gasteiger partial charge in [0.25, 0.3) is 5.91 Å². The molecule has 6 heteroatoms. The first kappa shape index (κ1) is 24.0. The molecule has 5 nitrogen and oxygen atoms in total. The molecular weight excluding hydrogens is 446 g/mol. The molecule has 0 fully saturated rings. The van der Waals surface area contributed by atoms with Gasteiger partial charge in [0.15, 0.2) is 0 Å². The van der Waals surface area contributed by atoms with E-state index >= 15 is 0 Å². The van der Waals surface area contributed by atoms with Crippen LogP contribution < -0.4 is 4.74 Å². The van der Waals surface area contributed by atoms with Crippen LogP contribution >= 0.6 is 11.3 Å². The zero-order valence-electron chi connectivity index (χ0n) is 20.8. The van der Waals surface area contributed by atoms with Crippen molar-refractivity contribution in [1.82, 2.24) is 4.90 Å². The number of para-hydroxylation sites is 1. The molecule has 0 saturated heterocycles. The zero-order chi connectivity index (χ0) is 25.3. The highest BCUT2D eigenvalue weighted by molar-refractivity contribution is 7.13. The number of hydrogen-bond donors (Lipinski definition) is 1. The Hall–Kier alpha value is -3.12. The Morgan fingerprint density at radius 1 is 1.06 bits per heavy atom. The summed E-state index contributed by atoms with van der Waals surface area (Å²) in [7, 11) is 0. The Labute approximate surface area is 207 Å². The van der Waals surface area contributed by atoms with Crippen molar-refractivity contribution in [2.75, 3.05) is 6.61 Å². The van der Waals surface area contributed by atoms with Gasteiger partial charge in [-0.3, -0.25) is 9.59 Å². The minimum absolute atomic E-state index is 0.168. The van der Waals surface area contributed by atoms with E-state index in [2.05, 4.69) is 6.07 Å². The van der Waals surface area contributed by atoms with Crippen LogP contribution in [0.4, 0.5) is 0 Å². The number of aliphatic carboxylic acids is 1. The maximum absolute atomic E-state index is 13.6. The van der Waals surface area contributed by atoms with E-state index < -0.39 is 12.0 Å². The van der Waals surface area contributed by atoms with E-state index in [9.17, 15) is 9.59 Å². The number of carbonyl (C=O) groups is 2. The molecule has 0 saturated carbocycles. The summed E-state index contributed by atoms with van der Waals surface area (Å²) in [4.78, 5) is 27.0. The molecule has 180 valence electrons. The molecular formula is C28H33NO4S. The molecule has 0 aliphatic heterocycles. The minimum atomic E-state index is -1.09. The number of carboxylic acids is 1. The quantitative estimate of drug-likeness (QED) is 0.271. The minimum Gasteiger partial charge on any atom is -0.493 e. The van der Waals surface area contributed by atoms with Crippen LogP contribution in [-0.2, 0) is 11.3 Å². The Bertz CT molecular complexity index is 1100. The Morgan fingerprint density at radius 2 is 1.82 bits per heavy atom. The van der Waals surface area contributed by atoms with Crippen molar-refractivity contribution in [2.45, 2.75) is 58.5 Å². The standard InChI is InChI=1S/C28H33NO4S/c1-3-21(2)29(28(32)23-16-14-22(15-17-23)26-12-9-19-34-26)20-24-10-6-7-11-25(24)33-18-8-4-5-13-27(30)31/h6-7,9-12,14-17,19,21H,3-5,8,13,18,20H2,1-2H3,(H,30,31)/i21D. The number of rotatable bonds is 13. The number of thiophene rings is 1. The van der Waals surface area contributed by atoms with Crippen LogP contribution in [0.3, 0.4) is 0 Å². The molecule has 0 aliphatic carbocycles. The van der Waals surface area contributed by atoms with Crippen molar-refractivity contribution in [1.29, 1.82) is 0 Å². The fourth-order valence-electron chi connectivity index (χ4n) is 3.63. The van der Waals surface area contributed by atoms with Gasteiger partial charge < -0.3 is 14.7 Å². The van der Waals surface area contributed by atoms with Crippen molar-refractivity contribution >= 4 is 23.2 Å². The molecule has 34 heavy (non-hydrogen) atoms. The summed E-state index contributed by atoms with van der Waals surface area (Å²) in [5, 5.41) is 10.8. The van der Waals surface area contributed by atoms with Crippen LogP contribution in [0.15, 0.2) is 66.0 Å². The monoisotopic (exact) mass is 480 g/mol. The van der Waals surface area contributed by atoms with Crippen molar-refractivity contribution in [3.05, 3.63) is 77.2 Å². The fourth-order valence-corrected chi connectivity index (χ4v) is 4.36. The molecule has 1 unspecified atom stereocenters. The first-order valence-electron chi connectivity index (χ1n) is 12.2. The van der Waals surface area contributed by atoms with E-state index in [4.69, 9.17) is 11.2 Å². The lowest BCUT2D eigenvalue weighted by molar-refractivity contribution is -0.137. The number of hydrogen-bond acceptors (Lipinski definition) is 4. The first-order valence-corrected chi connectivity index (χ1v) is 12.6.